The van der Waals surface area contributed by atoms with Crippen LogP contribution in [0.15, 0.2) is 59.3 Å². The molecule has 2 atom stereocenters. The highest BCUT2D eigenvalue weighted by Crippen LogP contribution is 2.35. The van der Waals surface area contributed by atoms with Crippen molar-refractivity contribution in [3.8, 4) is 0 Å². The van der Waals surface area contributed by atoms with Gasteiger partial charge in [0.25, 0.3) is 0 Å². The number of hydrogen-bond acceptors (Lipinski definition) is 5. The molecule has 1 N–H and O–H groups in total. The van der Waals surface area contributed by atoms with E-state index < -0.39 is 17.6 Å². The highest BCUT2D eigenvalue weighted by atomic mass is 16.6. The number of carbonyl (C=O) groups is 2. The van der Waals surface area contributed by atoms with E-state index in [0.29, 0.717) is 23.3 Å². The second kappa shape index (κ2) is 7.82. The molecule has 7 heteroatoms. The first kappa shape index (κ1) is 19.9. The van der Waals surface area contributed by atoms with E-state index in [-0.39, 0.29) is 18.4 Å². The van der Waals surface area contributed by atoms with E-state index in [1.807, 2.05) is 51.1 Å². The molecule has 0 unspecified atom stereocenters. The van der Waals surface area contributed by atoms with Crippen LogP contribution in [-0.4, -0.2) is 40.6 Å². The van der Waals surface area contributed by atoms with Crippen molar-refractivity contribution in [1.29, 1.82) is 0 Å². The first-order chi connectivity index (χ1) is 14.3. The quantitative estimate of drug-likeness (QED) is 0.695. The maximum Gasteiger partial charge on any atom is 0.410 e. The molecule has 3 aromatic rings. The number of anilines is 1. The average molecular weight is 407 g/mol. The Morgan fingerprint density at radius 3 is 2.60 bits per heavy atom. The Morgan fingerprint density at radius 1 is 1.10 bits per heavy atom. The molecule has 7 nitrogen and oxygen atoms in total. The van der Waals surface area contributed by atoms with Crippen LogP contribution in [0.1, 0.15) is 32.3 Å². The fraction of sp³-hybridized carbons (Fsp3) is 0.348. The zero-order valence-corrected chi connectivity index (χ0v) is 17.3. The molecule has 2 amide bonds. The van der Waals surface area contributed by atoms with Crippen molar-refractivity contribution in [2.45, 2.75) is 32.3 Å². The molecule has 0 aliphatic carbocycles. The van der Waals surface area contributed by atoms with Crippen LogP contribution in [0.3, 0.4) is 0 Å². The Hall–Kier alpha value is -3.35. The van der Waals surface area contributed by atoms with Crippen LogP contribution in [0, 0.1) is 5.92 Å². The smallest absolute Gasteiger partial charge is 0.410 e. The van der Waals surface area contributed by atoms with Crippen LogP contribution in [0.4, 0.5) is 10.5 Å². The fourth-order valence-corrected chi connectivity index (χ4v) is 3.80. The molecule has 1 aromatic heterocycles. The minimum absolute atomic E-state index is 0.129. The van der Waals surface area contributed by atoms with Gasteiger partial charge in [-0.1, -0.05) is 36.4 Å². The summed E-state index contributed by atoms with van der Waals surface area (Å²) in [5, 5.41) is 2.98. The molecule has 156 valence electrons. The van der Waals surface area contributed by atoms with Gasteiger partial charge in [-0.3, -0.25) is 4.79 Å². The summed E-state index contributed by atoms with van der Waals surface area (Å²) in [4.78, 5) is 31.7. The number of carbonyl (C=O) groups excluding carboxylic acids is 2. The highest BCUT2D eigenvalue weighted by Gasteiger charge is 2.41. The molecule has 2 aromatic carbocycles. The Balaban J connectivity index is 1.59. The number of aromatic nitrogens is 1. The number of hydrogen-bond donors (Lipinski definition) is 1. The van der Waals surface area contributed by atoms with Gasteiger partial charge in [-0.05, 0) is 38.5 Å². The van der Waals surface area contributed by atoms with E-state index in [1.54, 1.807) is 23.1 Å². The van der Waals surface area contributed by atoms with Crippen LogP contribution in [-0.2, 0) is 9.53 Å². The fourth-order valence-electron chi connectivity index (χ4n) is 3.80. The van der Waals surface area contributed by atoms with Crippen molar-refractivity contribution in [2.24, 2.45) is 5.92 Å². The van der Waals surface area contributed by atoms with Crippen molar-refractivity contribution in [3.05, 3.63) is 60.5 Å². The topological polar surface area (TPSA) is 84.7 Å². The zero-order chi connectivity index (χ0) is 21.3. The lowest BCUT2D eigenvalue weighted by Crippen LogP contribution is -2.36. The number of nitrogens with one attached hydrogen (secondary N) is 1. The van der Waals surface area contributed by atoms with Gasteiger partial charge in [0.1, 0.15) is 11.1 Å². The van der Waals surface area contributed by atoms with Gasteiger partial charge in [0, 0.05) is 19.0 Å². The normalized spacial score (nSPS) is 19.1. The minimum atomic E-state index is -0.595. The molecule has 0 bridgehead atoms. The summed E-state index contributed by atoms with van der Waals surface area (Å²) in [6.07, 6.45) is 0.949. The van der Waals surface area contributed by atoms with Gasteiger partial charge in [0.2, 0.25) is 5.91 Å². The van der Waals surface area contributed by atoms with Crippen molar-refractivity contribution in [2.75, 3.05) is 18.4 Å². The van der Waals surface area contributed by atoms with Crippen LogP contribution in [0.2, 0.25) is 0 Å². The predicted octanol–water partition coefficient (Wildman–Crippen LogP) is 4.42. The van der Waals surface area contributed by atoms with Gasteiger partial charge in [-0.15, -0.1) is 0 Å². The summed E-state index contributed by atoms with van der Waals surface area (Å²) >= 11 is 0. The summed E-state index contributed by atoms with van der Waals surface area (Å²) < 4.78 is 10.9. The molecular formula is C23H25N3O4. The zero-order valence-electron chi connectivity index (χ0n) is 17.3. The summed E-state index contributed by atoms with van der Waals surface area (Å²) in [6.45, 7) is 6.20. The lowest BCUT2D eigenvalue weighted by atomic mass is 9.88. The molecule has 0 radical (unpaired) electrons. The summed E-state index contributed by atoms with van der Waals surface area (Å²) in [5.41, 5.74) is 2.22. The molecule has 4 rings (SSSR count). The number of nitrogens with zero attached hydrogens (tertiary/aromatic N) is 2. The second-order valence-corrected chi connectivity index (χ2v) is 8.50. The maximum atomic E-state index is 13.3. The lowest BCUT2D eigenvalue weighted by Gasteiger charge is -2.24. The lowest BCUT2D eigenvalue weighted by molar-refractivity contribution is -0.119. The van der Waals surface area contributed by atoms with Gasteiger partial charge in [-0.2, -0.15) is 0 Å². The Bertz CT molecular complexity index is 1060. The van der Waals surface area contributed by atoms with E-state index in [9.17, 15) is 9.59 Å². The van der Waals surface area contributed by atoms with Gasteiger partial charge in [0.05, 0.1) is 11.6 Å². The summed E-state index contributed by atoms with van der Waals surface area (Å²) in [7, 11) is 0. The molecule has 2 heterocycles. The molecular weight excluding hydrogens is 382 g/mol. The van der Waals surface area contributed by atoms with Gasteiger partial charge >= 0.3 is 6.09 Å². The second-order valence-electron chi connectivity index (χ2n) is 8.50. The Kier molecular flexibility index (Phi) is 5.20. The van der Waals surface area contributed by atoms with Crippen molar-refractivity contribution in [3.63, 3.8) is 0 Å². The van der Waals surface area contributed by atoms with Gasteiger partial charge in [0.15, 0.2) is 12.0 Å². The minimum Gasteiger partial charge on any atom is -0.444 e. The summed E-state index contributed by atoms with van der Waals surface area (Å²) in [6, 6.07) is 15.2. The van der Waals surface area contributed by atoms with Crippen LogP contribution < -0.4 is 5.32 Å². The number of amides is 2. The van der Waals surface area contributed by atoms with Gasteiger partial charge < -0.3 is 19.4 Å². The number of fused-ring (bicyclic) bond motifs is 1. The summed E-state index contributed by atoms with van der Waals surface area (Å²) in [5.74, 6) is -0.706. The Morgan fingerprint density at radius 2 is 1.87 bits per heavy atom. The SMILES string of the molecule is CC(C)(C)OC(=O)N1C[C@H](C(=O)Nc2cccc3ocnc23)[C@@H](c2ccccc2)C1. The number of benzene rings is 2. The standard InChI is InChI=1S/C23H25N3O4/c1-23(2,3)30-22(28)26-12-16(15-8-5-4-6-9-15)17(13-26)21(27)25-18-10-7-11-19-20(18)24-14-29-19/h4-11,14,16-17H,12-13H2,1-3H3,(H,25,27)/t16-,17+/m1/s1. The van der Waals surface area contributed by atoms with Crippen LogP contribution in [0.5, 0.6) is 0 Å². The molecule has 0 spiro atoms. The molecule has 1 saturated heterocycles. The van der Waals surface area contributed by atoms with Crippen molar-refractivity contribution in [1.82, 2.24) is 9.88 Å². The highest BCUT2D eigenvalue weighted by molar-refractivity contribution is 6.00. The number of likely N-dealkylation sites (tertiary alicyclic amines) is 1. The molecule has 30 heavy (non-hydrogen) atoms. The molecule has 1 aliphatic heterocycles. The Labute approximate surface area is 175 Å². The first-order valence-electron chi connectivity index (χ1n) is 9.98. The van der Waals surface area contributed by atoms with E-state index in [2.05, 4.69) is 10.3 Å². The average Bonchev–Trinajstić information content (AvgIpc) is 3.35. The number of ether oxygens (including phenoxy) is 1. The molecule has 1 fully saturated rings. The monoisotopic (exact) mass is 407 g/mol. The number of rotatable bonds is 3. The van der Waals surface area contributed by atoms with Crippen molar-refractivity contribution < 1.29 is 18.7 Å². The number of para-hydroxylation sites is 1. The third-order valence-corrected chi connectivity index (χ3v) is 5.15. The predicted molar refractivity (Wildman–Crippen MR) is 113 cm³/mol. The van der Waals surface area contributed by atoms with E-state index in [0.717, 1.165) is 5.56 Å². The van der Waals surface area contributed by atoms with E-state index in [4.69, 9.17) is 9.15 Å². The third-order valence-electron chi connectivity index (χ3n) is 5.15. The number of oxazole rings is 1. The van der Waals surface area contributed by atoms with E-state index in [1.165, 1.54) is 6.39 Å². The van der Waals surface area contributed by atoms with Crippen LogP contribution >= 0.6 is 0 Å². The third kappa shape index (κ3) is 4.15. The first-order valence-corrected chi connectivity index (χ1v) is 9.98. The molecule has 0 saturated carbocycles. The molecule has 1 aliphatic rings. The van der Waals surface area contributed by atoms with Crippen molar-refractivity contribution >= 4 is 28.8 Å². The van der Waals surface area contributed by atoms with Crippen LogP contribution in [0.25, 0.3) is 11.1 Å². The van der Waals surface area contributed by atoms with Gasteiger partial charge in [-0.25, -0.2) is 9.78 Å². The van der Waals surface area contributed by atoms with E-state index >= 15 is 0 Å². The largest absolute Gasteiger partial charge is 0.444 e. The maximum absolute atomic E-state index is 13.3.